The van der Waals surface area contributed by atoms with Crippen molar-refractivity contribution < 1.29 is 14.3 Å². The van der Waals surface area contributed by atoms with E-state index in [2.05, 4.69) is 15.3 Å². The topological polar surface area (TPSA) is 75.1 Å². The zero-order chi connectivity index (χ0) is 15.0. The first kappa shape index (κ1) is 13.6. The first-order chi connectivity index (χ1) is 10.1. The molecule has 21 heavy (non-hydrogen) atoms. The van der Waals surface area contributed by atoms with Gasteiger partial charge in [0.2, 0.25) is 0 Å². The van der Waals surface area contributed by atoms with Crippen molar-refractivity contribution >= 4 is 5.97 Å². The molecule has 0 saturated carbocycles. The number of carboxylic acids is 1. The molecule has 0 aliphatic carbocycles. The van der Waals surface area contributed by atoms with E-state index in [1.54, 1.807) is 19.1 Å². The second-order valence-electron chi connectivity index (χ2n) is 5.02. The Morgan fingerprint density at radius 3 is 2.90 bits per heavy atom. The van der Waals surface area contributed by atoms with Crippen LogP contribution in [0.5, 0.6) is 0 Å². The zero-order valence-electron chi connectivity index (χ0n) is 11.5. The van der Waals surface area contributed by atoms with Crippen molar-refractivity contribution in [2.45, 2.75) is 19.9 Å². The number of nitrogens with zero attached hydrogens (tertiary/aromatic N) is 2. The molecule has 0 spiro atoms. The van der Waals surface area contributed by atoms with E-state index in [-0.39, 0.29) is 11.5 Å². The molecule has 1 aliphatic heterocycles. The lowest BCUT2D eigenvalue weighted by Crippen LogP contribution is -2.28. The third kappa shape index (κ3) is 2.50. The van der Waals surface area contributed by atoms with Gasteiger partial charge in [-0.3, -0.25) is 0 Å². The van der Waals surface area contributed by atoms with Crippen LogP contribution >= 0.6 is 0 Å². The van der Waals surface area contributed by atoms with Crippen molar-refractivity contribution in [1.29, 1.82) is 0 Å². The number of fused-ring (bicyclic) bond motifs is 1. The minimum atomic E-state index is -1.07. The molecule has 1 aromatic carbocycles. The lowest BCUT2D eigenvalue weighted by Gasteiger charge is -2.18. The summed E-state index contributed by atoms with van der Waals surface area (Å²) in [5.41, 5.74) is 2.50. The molecule has 1 aliphatic rings. The maximum atomic E-state index is 13.4. The van der Waals surface area contributed by atoms with E-state index in [1.807, 2.05) is 0 Å². The molecule has 1 aromatic heterocycles. The van der Waals surface area contributed by atoms with Crippen molar-refractivity contribution in [1.82, 2.24) is 15.3 Å². The Hall–Kier alpha value is -2.34. The van der Waals surface area contributed by atoms with E-state index in [0.717, 1.165) is 12.2 Å². The van der Waals surface area contributed by atoms with Crippen molar-refractivity contribution in [3.8, 4) is 11.4 Å². The molecule has 0 saturated heterocycles. The SMILES string of the molecule is Cc1cc(-c2nc3c(c(C(=O)O)n2)CNCC3)ccc1F. The van der Waals surface area contributed by atoms with Crippen molar-refractivity contribution in [3.63, 3.8) is 0 Å². The van der Waals surface area contributed by atoms with Gasteiger partial charge in [-0.2, -0.15) is 0 Å². The van der Waals surface area contributed by atoms with Crippen LogP contribution in [-0.2, 0) is 13.0 Å². The number of carbonyl (C=O) groups is 1. The minimum absolute atomic E-state index is 0.0178. The largest absolute Gasteiger partial charge is 0.476 e. The summed E-state index contributed by atoms with van der Waals surface area (Å²) in [6.45, 7) is 2.86. The van der Waals surface area contributed by atoms with Crippen LogP contribution in [-0.4, -0.2) is 27.6 Å². The van der Waals surface area contributed by atoms with Crippen LogP contribution in [0.4, 0.5) is 4.39 Å². The number of aryl methyl sites for hydroxylation is 1. The number of rotatable bonds is 2. The Bertz CT molecular complexity index is 731. The van der Waals surface area contributed by atoms with Gasteiger partial charge in [-0.1, -0.05) is 0 Å². The van der Waals surface area contributed by atoms with Crippen LogP contribution < -0.4 is 5.32 Å². The first-order valence-electron chi connectivity index (χ1n) is 6.66. The fraction of sp³-hybridized carbons (Fsp3) is 0.267. The molecule has 2 heterocycles. The summed E-state index contributed by atoms with van der Waals surface area (Å²) in [7, 11) is 0. The van der Waals surface area contributed by atoms with Gasteiger partial charge in [-0.25, -0.2) is 19.2 Å². The lowest BCUT2D eigenvalue weighted by atomic mass is 10.0. The molecule has 6 heteroatoms. The number of halogens is 1. The molecule has 108 valence electrons. The van der Waals surface area contributed by atoms with E-state index in [1.165, 1.54) is 6.07 Å². The summed E-state index contributed by atoms with van der Waals surface area (Å²) in [4.78, 5) is 20.0. The Kier molecular flexibility index (Phi) is 3.39. The minimum Gasteiger partial charge on any atom is -0.476 e. The van der Waals surface area contributed by atoms with E-state index >= 15 is 0 Å². The van der Waals surface area contributed by atoms with Gasteiger partial charge < -0.3 is 10.4 Å². The van der Waals surface area contributed by atoms with Crippen LogP contribution in [0, 0.1) is 12.7 Å². The molecule has 0 unspecified atom stereocenters. The Morgan fingerprint density at radius 2 is 2.19 bits per heavy atom. The molecule has 5 nitrogen and oxygen atoms in total. The monoisotopic (exact) mass is 287 g/mol. The molecular weight excluding hydrogens is 273 g/mol. The molecule has 0 radical (unpaired) electrons. The first-order valence-corrected chi connectivity index (χ1v) is 6.66. The number of benzene rings is 1. The smallest absolute Gasteiger partial charge is 0.354 e. The molecule has 0 amide bonds. The Morgan fingerprint density at radius 1 is 1.38 bits per heavy atom. The summed E-state index contributed by atoms with van der Waals surface area (Å²) in [6.07, 6.45) is 0.658. The highest BCUT2D eigenvalue weighted by molar-refractivity contribution is 5.88. The number of carboxylic acid groups (broad SMARTS) is 1. The number of hydrogen-bond donors (Lipinski definition) is 2. The Balaban J connectivity index is 2.16. The molecule has 2 N–H and O–H groups in total. The van der Waals surface area contributed by atoms with Crippen LogP contribution in [0.2, 0.25) is 0 Å². The maximum absolute atomic E-state index is 13.4. The van der Waals surface area contributed by atoms with E-state index in [4.69, 9.17) is 0 Å². The van der Waals surface area contributed by atoms with Crippen LogP contribution in [0.15, 0.2) is 18.2 Å². The Labute approximate surface area is 120 Å². The van der Waals surface area contributed by atoms with E-state index in [0.29, 0.717) is 35.5 Å². The van der Waals surface area contributed by atoms with Crippen LogP contribution in [0.1, 0.15) is 27.3 Å². The molecule has 0 bridgehead atoms. The molecule has 3 rings (SSSR count). The predicted octanol–water partition coefficient (Wildman–Crippen LogP) is 1.94. The fourth-order valence-corrected chi connectivity index (χ4v) is 2.43. The third-order valence-electron chi connectivity index (χ3n) is 3.55. The average molecular weight is 287 g/mol. The normalized spacial score (nSPS) is 13.8. The van der Waals surface area contributed by atoms with Crippen LogP contribution in [0.3, 0.4) is 0 Å². The van der Waals surface area contributed by atoms with Gasteiger partial charge in [0.1, 0.15) is 5.82 Å². The molecule has 2 aromatic rings. The van der Waals surface area contributed by atoms with Crippen molar-refractivity contribution in [3.05, 3.63) is 46.5 Å². The van der Waals surface area contributed by atoms with Crippen molar-refractivity contribution in [2.24, 2.45) is 0 Å². The highest BCUT2D eigenvalue weighted by Gasteiger charge is 2.22. The van der Waals surface area contributed by atoms with E-state index in [9.17, 15) is 14.3 Å². The number of aromatic carboxylic acids is 1. The average Bonchev–Trinajstić information content (AvgIpc) is 2.48. The summed E-state index contributed by atoms with van der Waals surface area (Å²) in [5.74, 6) is -1.05. The maximum Gasteiger partial charge on any atom is 0.354 e. The quantitative estimate of drug-likeness (QED) is 0.883. The lowest BCUT2D eigenvalue weighted by molar-refractivity contribution is 0.0688. The van der Waals surface area contributed by atoms with Gasteiger partial charge in [0.15, 0.2) is 11.5 Å². The number of aromatic nitrogens is 2. The standard InChI is InChI=1S/C15H14FN3O2/c1-8-6-9(2-3-11(8)16)14-18-12-4-5-17-7-10(12)13(19-14)15(20)21/h2-3,6,17H,4-5,7H2,1H3,(H,20,21). The summed E-state index contributed by atoms with van der Waals surface area (Å²) < 4.78 is 13.4. The van der Waals surface area contributed by atoms with Gasteiger partial charge in [0, 0.05) is 30.6 Å². The van der Waals surface area contributed by atoms with Gasteiger partial charge in [0.05, 0.1) is 5.69 Å². The second-order valence-corrected chi connectivity index (χ2v) is 5.02. The molecule has 0 fully saturated rings. The third-order valence-corrected chi connectivity index (χ3v) is 3.55. The summed E-state index contributed by atoms with van der Waals surface area (Å²) in [5, 5.41) is 12.5. The molecule has 0 atom stereocenters. The second kappa shape index (κ2) is 5.21. The van der Waals surface area contributed by atoms with E-state index < -0.39 is 5.97 Å². The van der Waals surface area contributed by atoms with Crippen LogP contribution in [0.25, 0.3) is 11.4 Å². The highest BCUT2D eigenvalue weighted by Crippen LogP contribution is 2.23. The number of nitrogens with one attached hydrogen (secondary N) is 1. The van der Waals surface area contributed by atoms with Gasteiger partial charge >= 0.3 is 5.97 Å². The number of hydrogen-bond acceptors (Lipinski definition) is 4. The van der Waals surface area contributed by atoms with Gasteiger partial charge in [-0.15, -0.1) is 0 Å². The van der Waals surface area contributed by atoms with Crippen molar-refractivity contribution in [2.75, 3.05) is 6.54 Å². The fourth-order valence-electron chi connectivity index (χ4n) is 2.43. The van der Waals surface area contributed by atoms with Gasteiger partial charge in [-0.05, 0) is 30.7 Å². The predicted molar refractivity (Wildman–Crippen MR) is 74.5 cm³/mol. The molecular formula is C15H14FN3O2. The van der Waals surface area contributed by atoms with Gasteiger partial charge in [0.25, 0.3) is 0 Å². The highest BCUT2D eigenvalue weighted by atomic mass is 19.1. The summed E-state index contributed by atoms with van der Waals surface area (Å²) in [6, 6.07) is 4.54. The summed E-state index contributed by atoms with van der Waals surface area (Å²) >= 11 is 0. The zero-order valence-corrected chi connectivity index (χ0v) is 11.5.